The fraction of sp³-hybridized carbons (Fsp3) is 0.538. The molecule has 0 aliphatic carbocycles. The van der Waals surface area contributed by atoms with E-state index in [0.29, 0.717) is 5.92 Å². The van der Waals surface area contributed by atoms with Gasteiger partial charge in [0.05, 0.1) is 0 Å². The maximum absolute atomic E-state index is 5.74. The van der Waals surface area contributed by atoms with Gasteiger partial charge in [-0.2, -0.15) is 9.61 Å². The number of anilines is 1. The Balaban J connectivity index is 1.92. The highest BCUT2D eigenvalue weighted by Gasteiger charge is 2.20. The molecule has 0 aromatic carbocycles. The number of hydrogen-bond donors (Lipinski definition) is 1. The van der Waals surface area contributed by atoms with Crippen LogP contribution in [0.3, 0.4) is 0 Å². The smallest absolute Gasteiger partial charge is 0.157 e. The molecule has 96 valence electrons. The van der Waals surface area contributed by atoms with Crippen molar-refractivity contribution in [2.45, 2.75) is 19.8 Å². The first-order chi connectivity index (χ1) is 8.78. The quantitative estimate of drug-likeness (QED) is 0.864. The number of hydrogen-bond acceptors (Lipinski definition) is 4. The first-order valence-corrected chi connectivity index (χ1v) is 6.53. The van der Waals surface area contributed by atoms with Crippen molar-refractivity contribution in [3.8, 4) is 0 Å². The van der Waals surface area contributed by atoms with E-state index in [0.717, 1.165) is 31.1 Å². The number of aromatic nitrogens is 3. The van der Waals surface area contributed by atoms with Crippen LogP contribution >= 0.6 is 0 Å². The second-order valence-corrected chi connectivity index (χ2v) is 5.09. The van der Waals surface area contributed by atoms with E-state index in [9.17, 15) is 0 Å². The van der Waals surface area contributed by atoms with Crippen LogP contribution in [0.25, 0.3) is 5.65 Å². The van der Waals surface area contributed by atoms with E-state index in [-0.39, 0.29) is 0 Å². The number of aryl methyl sites for hydroxylation is 1. The van der Waals surface area contributed by atoms with Crippen molar-refractivity contribution in [2.24, 2.45) is 11.7 Å². The van der Waals surface area contributed by atoms with Gasteiger partial charge >= 0.3 is 0 Å². The van der Waals surface area contributed by atoms with E-state index in [1.165, 1.54) is 18.4 Å². The number of rotatable bonds is 2. The zero-order valence-corrected chi connectivity index (χ0v) is 10.7. The predicted molar refractivity (Wildman–Crippen MR) is 71.7 cm³/mol. The van der Waals surface area contributed by atoms with Gasteiger partial charge in [0.1, 0.15) is 12.1 Å². The third-order valence-corrected chi connectivity index (χ3v) is 3.78. The van der Waals surface area contributed by atoms with Gasteiger partial charge in [0.15, 0.2) is 5.65 Å². The van der Waals surface area contributed by atoms with E-state index < -0.39 is 0 Å². The second-order valence-electron chi connectivity index (χ2n) is 5.09. The molecule has 3 heterocycles. The number of fused-ring (bicyclic) bond motifs is 1. The van der Waals surface area contributed by atoms with Gasteiger partial charge in [0, 0.05) is 13.1 Å². The fourth-order valence-electron chi connectivity index (χ4n) is 2.66. The monoisotopic (exact) mass is 245 g/mol. The molecular weight excluding hydrogens is 226 g/mol. The van der Waals surface area contributed by atoms with E-state index in [4.69, 9.17) is 5.73 Å². The third kappa shape index (κ3) is 1.95. The third-order valence-electron chi connectivity index (χ3n) is 3.78. The molecule has 2 aromatic rings. The van der Waals surface area contributed by atoms with E-state index in [1.807, 2.05) is 4.52 Å². The zero-order chi connectivity index (χ0) is 12.5. The highest BCUT2D eigenvalue weighted by molar-refractivity contribution is 5.53. The molecule has 0 bridgehead atoms. The molecule has 5 nitrogen and oxygen atoms in total. The Kier molecular flexibility index (Phi) is 2.91. The molecule has 0 radical (unpaired) electrons. The first-order valence-electron chi connectivity index (χ1n) is 6.53. The minimum absolute atomic E-state index is 0.678. The molecule has 5 heteroatoms. The van der Waals surface area contributed by atoms with Gasteiger partial charge in [-0.05, 0) is 49.9 Å². The lowest BCUT2D eigenvalue weighted by molar-refractivity contribution is 0.412. The van der Waals surface area contributed by atoms with Crippen molar-refractivity contribution < 1.29 is 0 Å². The first kappa shape index (κ1) is 11.5. The number of nitrogens with two attached hydrogens (primary N) is 1. The van der Waals surface area contributed by atoms with E-state index in [2.05, 4.69) is 34.0 Å². The summed E-state index contributed by atoms with van der Waals surface area (Å²) in [4.78, 5) is 6.66. The largest absolute Gasteiger partial charge is 0.356 e. The van der Waals surface area contributed by atoms with Crippen molar-refractivity contribution in [3.63, 3.8) is 0 Å². The molecule has 1 aliphatic rings. The van der Waals surface area contributed by atoms with Crippen molar-refractivity contribution in [3.05, 3.63) is 24.0 Å². The second kappa shape index (κ2) is 4.57. The highest BCUT2D eigenvalue weighted by atomic mass is 15.4. The van der Waals surface area contributed by atoms with Gasteiger partial charge < -0.3 is 10.6 Å². The molecular formula is C13H19N5. The summed E-state index contributed by atoms with van der Waals surface area (Å²) in [7, 11) is 0. The minimum Gasteiger partial charge on any atom is -0.356 e. The Hall–Kier alpha value is -1.62. The summed E-state index contributed by atoms with van der Waals surface area (Å²) in [5, 5.41) is 4.31. The molecule has 3 rings (SSSR count). The highest BCUT2D eigenvalue weighted by Crippen LogP contribution is 2.24. The van der Waals surface area contributed by atoms with Crippen LogP contribution in [0.5, 0.6) is 0 Å². The molecule has 0 unspecified atom stereocenters. The summed E-state index contributed by atoms with van der Waals surface area (Å²) < 4.78 is 1.93. The van der Waals surface area contributed by atoms with E-state index in [1.54, 1.807) is 6.33 Å². The van der Waals surface area contributed by atoms with Crippen molar-refractivity contribution in [2.75, 3.05) is 24.5 Å². The van der Waals surface area contributed by atoms with Crippen molar-refractivity contribution in [1.82, 2.24) is 14.6 Å². The molecule has 1 aliphatic heterocycles. The lowest BCUT2D eigenvalue weighted by Crippen LogP contribution is -2.37. The molecule has 18 heavy (non-hydrogen) atoms. The summed E-state index contributed by atoms with van der Waals surface area (Å²) in [6.07, 6.45) is 3.95. The molecule has 0 spiro atoms. The van der Waals surface area contributed by atoms with Crippen molar-refractivity contribution >= 4 is 11.5 Å². The van der Waals surface area contributed by atoms with Crippen LogP contribution in [-0.2, 0) is 0 Å². The molecule has 2 N–H and O–H groups in total. The summed E-state index contributed by atoms with van der Waals surface area (Å²) in [6.45, 7) is 5.02. The lowest BCUT2D eigenvalue weighted by Gasteiger charge is -2.33. The van der Waals surface area contributed by atoms with Gasteiger partial charge in [-0.3, -0.25) is 0 Å². The van der Waals surface area contributed by atoms with Crippen LogP contribution < -0.4 is 10.6 Å². The van der Waals surface area contributed by atoms with E-state index >= 15 is 0 Å². The molecule has 2 aromatic heterocycles. The van der Waals surface area contributed by atoms with Crippen LogP contribution in [0.2, 0.25) is 0 Å². The van der Waals surface area contributed by atoms with Gasteiger partial charge in [-0.15, -0.1) is 0 Å². The van der Waals surface area contributed by atoms with Crippen LogP contribution in [0.15, 0.2) is 18.5 Å². The standard InChI is InChI=1S/C13H19N5/c1-10-6-12-15-9-16-18(12)13(7-10)17-4-2-11(8-14)3-5-17/h6-7,9,11H,2-5,8,14H2,1H3. The number of nitrogens with zero attached hydrogens (tertiary/aromatic N) is 4. The normalized spacial score (nSPS) is 17.6. The van der Waals surface area contributed by atoms with Gasteiger partial charge in [0.25, 0.3) is 0 Å². The molecule has 1 fully saturated rings. The lowest BCUT2D eigenvalue weighted by atomic mass is 9.97. The average Bonchev–Trinajstić information content (AvgIpc) is 2.86. The van der Waals surface area contributed by atoms with Crippen LogP contribution in [0.4, 0.5) is 5.82 Å². The van der Waals surface area contributed by atoms with Crippen LogP contribution in [-0.4, -0.2) is 34.2 Å². The zero-order valence-electron chi connectivity index (χ0n) is 10.7. The minimum atomic E-state index is 0.678. The Bertz CT molecular complexity index is 539. The predicted octanol–water partition coefficient (Wildman–Crippen LogP) is 1.21. The number of pyridine rings is 1. The summed E-state index contributed by atoms with van der Waals surface area (Å²) in [5.74, 6) is 1.83. The average molecular weight is 245 g/mol. The summed E-state index contributed by atoms with van der Waals surface area (Å²) in [5.41, 5.74) is 7.89. The topological polar surface area (TPSA) is 59.5 Å². The maximum Gasteiger partial charge on any atom is 0.157 e. The number of piperidine rings is 1. The fourth-order valence-corrected chi connectivity index (χ4v) is 2.66. The summed E-state index contributed by atoms with van der Waals surface area (Å²) in [6, 6.07) is 4.24. The van der Waals surface area contributed by atoms with Gasteiger partial charge in [0.2, 0.25) is 0 Å². The Morgan fingerprint density at radius 1 is 1.33 bits per heavy atom. The molecule has 1 saturated heterocycles. The summed E-state index contributed by atoms with van der Waals surface area (Å²) >= 11 is 0. The maximum atomic E-state index is 5.74. The Morgan fingerprint density at radius 3 is 2.83 bits per heavy atom. The SMILES string of the molecule is Cc1cc(N2CCC(CN)CC2)n2ncnc2c1. The Morgan fingerprint density at radius 2 is 2.11 bits per heavy atom. The van der Waals surface area contributed by atoms with Gasteiger partial charge in [-0.1, -0.05) is 0 Å². The van der Waals surface area contributed by atoms with Crippen LogP contribution in [0.1, 0.15) is 18.4 Å². The molecule has 0 amide bonds. The van der Waals surface area contributed by atoms with Gasteiger partial charge in [-0.25, -0.2) is 4.98 Å². The Labute approximate surface area is 107 Å². The molecule has 0 atom stereocenters. The van der Waals surface area contributed by atoms with Crippen LogP contribution in [0, 0.1) is 12.8 Å². The molecule has 0 saturated carbocycles. The van der Waals surface area contributed by atoms with Crippen molar-refractivity contribution in [1.29, 1.82) is 0 Å².